The van der Waals surface area contributed by atoms with Crippen molar-refractivity contribution < 1.29 is 4.79 Å². The number of anilines is 1. The van der Waals surface area contributed by atoms with Gasteiger partial charge in [-0.3, -0.25) is 14.9 Å². The predicted octanol–water partition coefficient (Wildman–Crippen LogP) is 2.53. The molecule has 8 heteroatoms. The first-order valence-electron chi connectivity index (χ1n) is 6.36. The highest BCUT2D eigenvalue weighted by atomic mass is 79.9. The van der Waals surface area contributed by atoms with Gasteiger partial charge in [-0.05, 0) is 34.5 Å². The van der Waals surface area contributed by atoms with Crippen molar-refractivity contribution in [3.05, 3.63) is 37.7 Å². The largest absolute Gasteiger partial charge is 0.305 e. The summed E-state index contributed by atoms with van der Waals surface area (Å²) in [4.78, 5) is 23.9. The minimum absolute atomic E-state index is 0.0598. The Morgan fingerprint density at radius 3 is 2.81 bits per heavy atom. The first kappa shape index (κ1) is 15.8. The second kappa shape index (κ2) is 6.48. The highest BCUT2D eigenvalue weighted by Gasteiger charge is 2.12. The molecule has 2 heterocycles. The lowest BCUT2D eigenvalue weighted by Crippen LogP contribution is -2.27. The van der Waals surface area contributed by atoms with E-state index in [4.69, 9.17) is 0 Å². The Balaban J connectivity index is 2.10. The van der Waals surface area contributed by atoms with Crippen molar-refractivity contribution in [3.63, 3.8) is 0 Å². The van der Waals surface area contributed by atoms with Gasteiger partial charge >= 0.3 is 0 Å². The molecular weight excluding hydrogens is 356 g/mol. The van der Waals surface area contributed by atoms with Gasteiger partial charge in [0.15, 0.2) is 0 Å². The number of hydrogen-bond donors (Lipinski definition) is 1. The van der Waals surface area contributed by atoms with Crippen LogP contribution < -0.4 is 10.9 Å². The molecule has 0 saturated heterocycles. The monoisotopic (exact) mass is 370 g/mol. The van der Waals surface area contributed by atoms with E-state index in [2.05, 4.69) is 31.4 Å². The van der Waals surface area contributed by atoms with Crippen LogP contribution in [-0.4, -0.2) is 20.7 Å². The standard InChI is InChI=1S/C13H15BrN4O2S/c1-7(2)11-16-17-13(21-11)15-10(19)6-18-5-8(3)4-9(14)12(18)20/h4-5,7H,6H2,1-3H3,(H,15,17,19). The number of aryl methyl sites for hydroxylation is 1. The van der Waals surface area contributed by atoms with E-state index in [1.54, 1.807) is 12.3 Å². The van der Waals surface area contributed by atoms with Gasteiger partial charge in [-0.2, -0.15) is 0 Å². The lowest BCUT2D eigenvalue weighted by Gasteiger charge is -2.07. The quantitative estimate of drug-likeness (QED) is 0.896. The van der Waals surface area contributed by atoms with Gasteiger partial charge in [0.2, 0.25) is 11.0 Å². The molecule has 0 spiro atoms. The maximum Gasteiger partial charge on any atom is 0.265 e. The van der Waals surface area contributed by atoms with E-state index in [9.17, 15) is 9.59 Å². The van der Waals surface area contributed by atoms with Gasteiger partial charge in [-0.25, -0.2) is 0 Å². The number of carbonyl (C=O) groups is 1. The average molecular weight is 371 g/mol. The molecule has 0 atom stereocenters. The van der Waals surface area contributed by atoms with Crippen LogP contribution in [0.5, 0.6) is 0 Å². The lowest BCUT2D eigenvalue weighted by atomic mass is 10.2. The number of aromatic nitrogens is 3. The molecule has 1 N–H and O–H groups in total. The van der Waals surface area contributed by atoms with Crippen molar-refractivity contribution in [2.45, 2.75) is 33.2 Å². The molecule has 0 bridgehead atoms. The van der Waals surface area contributed by atoms with E-state index in [1.807, 2.05) is 20.8 Å². The summed E-state index contributed by atoms with van der Waals surface area (Å²) in [7, 11) is 0. The number of rotatable bonds is 4. The zero-order valence-corrected chi connectivity index (χ0v) is 14.3. The average Bonchev–Trinajstić information content (AvgIpc) is 2.83. The van der Waals surface area contributed by atoms with Crippen molar-refractivity contribution in [1.82, 2.24) is 14.8 Å². The van der Waals surface area contributed by atoms with E-state index in [0.717, 1.165) is 10.6 Å². The Hall–Kier alpha value is -1.54. The van der Waals surface area contributed by atoms with Crippen LogP contribution in [0.15, 0.2) is 21.5 Å². The molecule has 0 aliphatic carbocycles. The summed E-state index contributed by atoms with van der Waals surface area (Å²) in [5, 5.41) is 11.9. The maximum atomic E-state index is 12.0. The van der Waals surface area contributed by atoms with Crippen LogP contribution in [0.2, 0.25) is 0 Å². The maximum absolute atomic E-state index is 12.0. The highest BCUT2D eigenvalue weighted by Crippen LogP contribution is 2.22. The molecule has 2 rings (SSSR count). The summed E-state index contributed by atoms with van der Waals surface area (Å²) in [6, 6.07) is 1.72. The molecule has 21 heavy (non-hydrogen) atoms. The van der Waals surface area contributed by atoms with Crippen molar-refractivity contribution in [2.24, 2.45) is 0 Å². The number of nitrogens with zero attached hydrogens (tertiary/aromatic N) is 3. The zero-order chi connectivity index (χ0) is 15.6. The van der Waals surface area contributed by atoms with Crippen LogP contribution in [-0.2, 0) is 11.3 Å². The molecular formula is C13H15BrN4O2S. The number of halogens is 1. The molecule has 2 aromatic heterocycles. The van der Waals surface area contributed by atoms with Crippen molar-refractivity contribution in [3.8, 4) is 0 Å². The van der Waals surface area contributed by atoms with Crippen LogP contribution in [0.1, 0.15) is 30.3 Å². The van der Waals surface area contributed by atoms with E-state index in [-0.39, 0.29) is 23.9 Å². The molecule has 0 radical (unpaired) electrons. The van der Waals surface area contributed by atoms with Gasteiger partial charge in [-0.1, -0.05) is 25.2 Å². The highest BCUT2D eigenvalue weighted by molar-refractivity contribution is 9.10. The molecule has 0 aliphatic rings. The first-order chi connectivity index (χ1) is 9.86. The molecule has 0 saturated carbocycles. The fourth-order valence-corrected chi connectivity index (χ4v) is 3.04. The van der Waals surface area contributed by atoms with Crippen molar-refractivity contribution >= 4 is 38.3 Å². The summed E-state index contributed by atoms with van der Waals surface area (Å²) < 4.78 is 1.80. The summed E-state index contributed by atoms with van der Waals surface area (Å²) in [5.41, 5.74) is 0.656. The van der Waals surface area contributed by atoms with E-state index >= 15 is 0 Å². The Labute approximate surface area is 134 Å². The fraction of sp³-hybridized carbons (Fsp3) is 0.385. The van der Waals surface area contributed by atoms with E-state index < -0.39 is 0 Å². The number of carbonyl (C=O) groups excluding carboxylic acids is 1. The summed E-state index contributed by atoms with van der Waals surface area (Å²) in [5.74, 6) is -0.0374. The van der Waals surface area contributed by atoms with E-state index in [0.29, 0.717) is 9.60 Å². The zero-order valence-electron chi connectivity index (χ0n) is 11.9. The Morgan fingerprint density at radius 2 is 2.19 bits per heavy atom. The molecule has 6 nitrogen and oxygen atoms in total. The third kappa shape index (κ3) is 3.98. The fourth-order valence-electron chi connectivity index (χ4n) is 1.69. The minimum atomic E-state index is -0.305. The molecule has 0 aromatic carbocycles. The van der Waals surface area contributed by atoms with Crippen LogP contribution in [0.25, 0.3) is 0 Å². The van der Waals surface area contributed by atoms with Gasteiger partial charge in [0.25, 0.3) is 5.56 Å². The molecule has 0 fully saturated rings. The second-order valence-electron chi connectivity index (χ2n) is 4.95. The lowest BCUT2D eigenvalue weighted by molar-refractivity contribution is -0.116. The first-order valence-corrected chi connectivity index (χ1v) is 7.97. The van der Waals surface area contributed by atoms with Crippen LogP contribution in [0.4, 0.5) is 5.13 Å². The Bertz CT molecular complexity index is 723. The molecule has 0 aliphatic heterocycles. The second-order valence-corrected chi connectivity index (χ2v) is 6.81. The van der Waals surface area contributed by atoms with E-state index in [1.165, 1.54) is 15.9 Å². The smallest absolute Gasteiger partial charge is 0.265 e. The van der Waals surface area contributed by atoms with Crippen LogP contribution in [0.3, 0.4) is 0 Å². The predicted molar refractivity (Wildman–Crippen MR) is 85.8 cm³/mol. The van der Waals surface area contributed by atoms with Crippen molar-refractivity contribution in [1.29, 1.82) is 0 Å². The Morgan fingerprint density at radius 1 is 1.48 bits per heavy atom. The number of pyridine rings is 1. The van der Waals surface area contributed by atoms with Gasteiger partial charge in [0.05, 0.1) is 4.47 Å². The molecule has 1 amide bonds. The summed E-state index contributed by atoms with van der Waals surface area (Å²) in [6.45, 7) is 5.82. The molecule has 2 aromatic rings. The van der Waals surface area contributed by atoms with Gasteiger partial charge < -0.3 is 4.57 Å². The summed E-state index contributed by atoms with van der Waals surface area (Å²) in [6.07, 6.45) is 1.65. The minimum Gasteiger partial charge on any atom is -0.305 e. The van der Waals surface area contributed by atoms with Gasteiger partial charge in [0, 0.05) is 12.1 Å². The SMILES string of the molecule is Cc1cc(Br)c(=O)n(CC(=O)Nc2nnc(C(C)C)s2)c1. The third-order valence-electron chi connectivity index (χ3n) is 2.67. The van der Waals surface area contributed by atoms with Gasteiger partial charge in [0.1, 0.15) is 11.6 Å². The number of nitrogens with one attached hydrogen (secondary N) is 1. The number of amides is 1. The molecule has 112 valence electrons. The van der Waals surface area contributed by atoms with Crippen molar-refractivity contribution in [2.75, 3.05) is 5.32 Å². The number of hydrogen-bond acceptors (Lipinski definition) is 5. The molecule has 0 unspecified atom stereocenters. The summed E-state index contributed by atoms with van der Waals surface area (Å²) >= 11 is 4.53. The van der Waals surface area contributed by atoms with Crippen LogP contribution in [0, 0.1) is 6.92 Å². The van der Waals surface area contributed by atoms with Gasteiger partial charge in [-0.15, -0.1) is 10.2 Å². The van der Waals surface area contributed by atoms with Crippen LogP contribution >= 0.6 is 27.3 Å². The normalized spacial score (nSPS) is 10.9. The topological polar surface area (TPSA) is 76.9 Å². The third-order valence-corrected chi connectivity index (χ3v) is 4.38. The Kier molecular flexibility index (Phi) is 4.89.